The lowest BCUT2D eigenvalue weighted by molar-refractivity contribution is 0.0547. The average Bonchev–Trinajstić information content (AvgIpc) is 3.52. The SMILES string of the molecule is O=C(Nc1nc(-c2ccco2)c(C(=O)C2CCOCC2)s1)c1cc2c([nH]1)CCC=C2. The maximum atomic E-state index is 13.2. The molecular formula is C22H21N3O4S. The Labute approximate surface area is 177 Å². The zero-order valence-corrected chi connectivity index (χ0v) is 17.1. The molecule has 7 nitrogen and oxygen atoms in total. The summed E-state index contributed by atoms with van der Waals surface area (Å²) < 4.78 is 10.9. The number of ketones is 1. The third-order valence-corrected chi connectivity index (χ3v) is 6.44. The standard InChI is InChI=1S/C22H21N3O4S/c26-19(13-7-10-28-11-8-13)20-18(17-6-3-9-29-17)24-22(30-20)25-21(27)16-12-14-4-1-2-5-15(14)23-16/h1,3-4,6,9,12-13,23H,2,5,7-8,10-11H2,(H,24,25,27). The third kappa shape index (κ3) is 3.64. The molecule has 154 valence electrons. The Balaban J connectivity index is 1.42. The molecule has 3 aromatic rings. The summed E-state index contributed by atoms with van der Waals surface area (Å²) in [6.07, 6.45) is 8.91. The van der Waals surface area contributed by atoms with Crippen molar-refractivity contribution in [2.24, 2.45) is 5.92 Å². The van der Waals surface area contributed by atoms with Crippen LogP contribution < -0.4 is 5.32 Å². The molecule has 2 aliphatic rings. The Morgan fingerprint density at radius 1 is 1.27 bits per heavy atom. The Hall–Kier alpha value is -2.97. The van der Waals surface area contributed by atoms with Gasteiger partial charge >= 0.3 is 0 Å². The van der Waals surface area contributed by atoms with Crippen molar-refractivity contribution in [2.75, 3.05) is 18.5 Å². The number of amides is 1. The normalized spacial score (nSPS) is 16.4. The molecule has 2 N–H and O–H groups in total. The van der Waals surface area contributed by atoms with Crippen molar-refractivity contribution in [3.63, 3.8) is 0 Å². The second kappa shape index (κ2) is 8.04. The minimum Gasteiger partial charge on any atom is -0.463 e. The van der Waals surface area contributed by atoms with Crippen LogP contribution in [-0.4, -0.2) is 34.9 Å². The average molecular weight is 423 g/mol. The molecule has 0 spiro atoms. The van der Waals surface area contributed by atoms with Gasteiger partial charge in [0.1, 0.15) is 16.3 Å². The number of thiazole rings is 1. The summed E-state index contributed by atoms with van der Waals surface area (Å²) in [5.41, 5.74) is 3.06. The van der Waals surface area contributed by atoms with E-state index in [1.807, 2.05) is 12.1 Å². The second-order valence-corrected chi connectivity index (χ2v) is 8.44. The van der Waals surface area contributed by atoms with E-state index in [-0.39, 0.29) is 17.6 Å². The number of aromatic nitrogens is 2. The maximum absolute atomic E-state index is 13.2. The van der Waals surface area contributed by atoms with Crippen molar-refractivity contribution in [3.05, 3.63) is 52.4 Å². The quantitative estimate of drug-likeness (QED) is 0.587. The number of carbonyl (C=O) groups excluding carboxylic acids is 2. The summed E-state index contributed by atoms with van der Waals surface area (Å²) in [6, 6.07) is 5.37. The van der Waals surface area contributed by atoms with Crippen LogP contribution in [0.1, 0.15) is 50.7 Å². The molecule has 0 bridgehead atoms. The molecule has 0 unspecified atom stereocenters. The van der Waals surface area contributed by atoms with Gasteiger partial charge in [0.15, 0.2) is 16.7 Å². The Morgan fingerprint density at radius 2 is 2.13 bits per heavy atom. The molecule has 1 amide bonds. The van der Waals surface area contributed by atoms with Crippen LogP contribution in [0.15, 0.2) is 35.0 Å². The smallest absolute Gasteiger partial charge is 0.273 e. The largest absolute Gasteiger partial charge is 0.463 e. The lowest BCUT2D eigenvalue weighted by atomic mass is 9.94. The van der Waals surface area contributed by atoms with Gasteiger partial charge in [0, 0.05) is 24.8 Å². The number of carbonyl (C=O) groups is 2. The van der Waals surface area contributed by atoms with Crippen molar-refractivity contribution in [1.29, 1.82) is 0 Å². The van der Waals surface area contributed by atoms with Crippen LogP contribution in [0.5, 0.6) is 0 Å². The van der Waals surface area contributed by atoms with Gasteiger partial charge in [0.05, 0.1) is 6.26 Å². The van der Waals surface area contributed by atoms with Gasteiger partial charge in [-0.2, -0.15) is 0 Å². The lowest BCUT2D eigenvalue weighted by Gasteiger charge is -2.20. The van der Waals surface area contributed by atoms with Gasteiger partial charge in [-0.3, -0.25) is 14.9 Å². The molecule has 1 aliphatic carbocycles. The fourth-order valence-electron chi connectivity index (χ4n) is 3.86. The number of rotatable bonds is 5. The van der Waals surface area contributed by atoms with Gasteiger partial charge in [0.2, 0.25) is 0 Å². The van der Waals surface area contributed by atoms with Crippen molar-refractivity contribution >= 4 is 34.2 Å². The minimum absolute atomic E-state index is 0.0307. The third-order valence-electron chi connectivity index (χ3n) is 5.45. The first-order valence-electron chi connectivity index (χ1n) is 10.1. The summed E-state index contributed by atoms with van der Waals surface area (Å²) in [5.74, 6) is 0.173. The lowest BCUT2D eigenvalue weighted by Crippen LogP contribution is -2.23. The minimum atomic E-state index is -0.275. The van der Waals surface area contributed by atoms with E-state index in [1.165, 1.54) is 11.3 Å². The number of furan rings is 1. The fourth-order valence-corrected chi connectivity index (χ4v) is 4.84. The van der Waals surface area contributed by atoms with E-state index in [1.54, 1.807) is 18.4 Å². The van der Waals surface area contributed by atoms with E-state index < -0.39 is 0 Å². The van der Waals surface area contributed by atoms with Crippen LogP contribution >= 0.6 is 11.3 Å². The second-order valence-electron chi connectivity index (χ2n) is 7.44. The van der Waals surface area contributed by atoms with Crippen molar-refractivity contribution in [3.8, 4) is 11.5 Å². The maximum Gasteiger partial charge on any atom is 0.273 e. The van der Waals surface area contributed by atoms with E-state index in [9.17, 15) is 9.59 Å². The van der Waals surface area contributed by atoms with Crippen LogP contribution in [-0.2, 0) is 11.2 Å². The Bertz CT molecular complexity index is 1100. The first-order valence-corrected chi connectivity index (χ1v) is 10.9. The predicted molar refractivity (Wildman–Crippen MR) is 114 cm³/mol. The monoisotopic (exact) mass is 423 g/mol. The number of hydrogen-bond acceptors (Lipinski definition) is 6. The van der Waals surface area contributed by atoms with E-state index in [4.69, 9.17) is 9.15 Å². The van der Waals surface area contributed by atoms with Crippen LogP contribution in [0.25, 0.3) is 17.5 Å². The summed E-state index contributed by atoms with van der Waals surface area (Å²) in [5, 5.41) is 3.22. The fraction of sp³-hybridized carbons (Fsp3) is 0.318. The van der Waals surface area contributed by atoms with Crippen molar-refractivity contribution < 1.29 is 18.7 Å². The molecule has 0 saturated carbocycles. The highest BCUT2D eigenvalue weighted by atomic mass is 32.1. The Morgan fingerprint density at radius 3 is 2.90 bits per heavy atom. The molecule has 0 atom stereocenters. The topological polar surface area (TPSA) is 97.2 Å². The van der Waals surface area contributed by atoms with Gasteiger partial charge in [-0.05, 0) is 49.4 Å². The number of allylic oxidation sites excluding steroid dienone is 1. The molecule has 1 aliphatic heterocycles. The highest BCUT2D eigenvalue weighted by Crippen LogP contribution is 2.35. The predicted octanol–water partition coefficient (Wildman–Crippen LogP) is 4.55. The van der Waals surface area contributed by atoms with Crippen LogP contribution in [0.3, 0.4) is 0 Å². The summed E-state index contributed by atoms with van der Waals surface area (Å²) in [4.78, 5) is 34.2. The van der Waals surface area contributed by atoms with Gasteiger partial charge in [-0.25, -0.2) is 4.98 Å². The summed E-state index contributed by atoms with van der Waals surface area (Å²) in [6.45, 7) is 1.17. The van der Waals surface area contributed by atoms with Gasteiger partial charge < -0.3 is 14.1 Å². The van der Waals surface area contributed by atoms with Crippen molar-refractivity contribution in [1.82, 2.24) is 9.97 Å². The number of anilines is 1. The molecule has 30 heavy (non-hydrogen) atoms. The number of Topliss-reactive ketones (excluding diaryl/α,β-unsaturated/α-hetero) is 1. The van der Waals surface area contributed by atoms with E-state index in [0.29, 0.717) is 53.2 Å². The molecule has 8 heteroatoms. The number of aromatic amines is 1. The van der Waals surface area contributed by atoms with Crippen molar-refractivity contribution in [2.45, 2.75) is 25.7 Å². The summed E-state index contributed by atoms with van der Waals surface area (Å²) >= 11 is 1.20. The molecule has 1 saturated heterocycles. The molecular weight excluding hydrogens is 402 g/mol. The number of ether oxygens (including phenoxy) is 1. The van der Waals surface area contributed by atoms with E-state index >= 15 is 0 Å². The molecule has 1 fully saturated rings. The first-order chi connectivity index (χ1) is 14.7. The number of hydrogen-bond donors (Lipinski definition) is 2. The van der Waals surface area contributed by atoms with Crippen LogP contribution in [0.4, 0.5) is 5.13 Å². The van der Waals surface area contributed by atoms with Crippen LogP contribution in [0.2, 0.25) is 0 Å². The zero-order valence-electron chi connectivity index (χ0n) is 16.3. The molecule has 0 radical (unpaired) electrons. The molecule has 3 aromatic heterocycles. The molecule has 0 aromatic carbocycles. The van der Waals surface area contributed by atoms with Gasteiger partial charge in [-0.1, -0.05) is 23.5 Å². The van der Waals surface area contributed by atoms with E-state index in [0.717, 1.165) is 24.1 Å². The highest BCUT2D eigenvalue weighted by Gasteiger charge is 2.29. The van der Waals surface area contributed by atoms with Gasteiger partial charge in [0.25, 0.3) is 5.91 Å². The molecule has 5 rings (SSSR count). The number of nitrogens with zero attached hydrogens (tertiary/aromatic N) is 1. The van der Waals surface area contributed by atoms with Gasteiger partial charge in [-0.15, -0.1) is 0 Å². The number of H-pyrrole nitrogens is 1. The summed E-state index contributed by atoms with van der Waals surface area (Å²) in [7, 11) is 0. The number of nitrogens with one attached hydrogen (secondary N) is 2. The molecule has 4 heterocycles. The number of aryl methyl sites for hydroxylation is 1. The number of fused-ring (bicyclic) bond motifs is 1. The highest BCUT2D eigenvalue weighted by molar-refractivity contribution is 7.18. The van der Waals surface area contributed by atoms with E-state index in [2.05, 4.69) is 21.4 Å². The zero-order chi connectivity index (χ0) is 20.5. The first kappa shape index (κ1) is 19.0. The Kier molecular flexibility index (Phi) is 5.10. The van der Waals surface area contributed by atoms with Crippen LogP contribution in [0, 0.1) is 5.92 Å².